The fourth-order valence-corrected chi connectivity index (χ4v) is 3.19. The third kappa shape index (κ3) is 3.37. The molecule has 0 aliphatic carbocycles. The van der Waals surface area contributed by atoms with E-state index in [0.29, 0.717) is 31.0 Å². The van der Waals surface area contributed by atoms with Gasteiger partial charge in [0, 0.05) is 26.3 Å². The number of carbonyl (C=O) groups is 2. The predicted molar refractivity (Wildman–Crippen MR) is 94.1 cm³/mol. The molecular formula is C17H23N5O3. The summed E-state index contributed by atoms with van der Waals surface area (Å²) in [7, 11) is 3.25. The molecule has 0 unspecified atom stereocenters. The minimum absolute atomic E-state index is 0.112. The van der Waals surface area contributed by atoms with Gasteiger partial charge < -0.3 is 20.7 Å². The summed E-state index contributed by atoms with van der Waals surface area (Å²) in [5, 5.41) is 7.29. The minimum Gasteiger partial charge on any atom is -0.383 e. The van der Waals surface area contributed by atoms with E-state index in [-0.39, 0.29) is 29.2 Å². The smallest absolute Gasteiger partial charge is 0.255 e. The SMILES string of the molecule is C#Cc1nn([C@H]2C[C@H](COC)N(C(=O)C(=C)C)C2)c(NC)c1C(N)=O. The number of amides is 2. The van der Waals surface area contributed by atoms with Crippen LogP contribution in [0.3, 0.4) is 0 Å². The van der Waals surface area contributed by atoms with Gasteiger partial charge >= 0.3 is 0 Å². The molecular weight excluding hydrogens is 322 g/mol. The molecule has 2 heterocycles. The van der Waals surface area contributed by atoms with Gasteiger partial charge in [-0.05, 0) is 19.3 Å². The van der Waals surface area contributed by atoms with Crippen molar-refractivity contribution in [2.75, 3.05) is 32.6 Å². The predicted octanol–water partition coefficient (Wildman–Crippen LogP) is 0.370. The average Bonchev–Trinajstić information content (AvgIpc) is 3.14. The Labute approximate surface area is 147 Å². The third-order valence-electron chi connectivity index (χ3n) is 4.25. The van der Waals surface area contributed by atoms with Crippen LogP contribution in [-0.4, -0.2) is 59.8 Å². The highest BCUT2D eigenvalue weighted by Gasteiger charge is 2.38. The zero-order valence-electron chi connectivity index (χ0n) is 14.7. The van der Waals surface area contributed by atoms with Crippen LogP contribution < -0.4 is 11.1 Å². The number of ether oxygens (including phenoxy) is 1. The van der Waals surface area contributed by atoms with E-state index in [1.165, 1.54) is 0 Å². The third-order valence-corrected chi connectivity index (χ3v) is 4.25. The highest BCUT2D eigenvalue weighted by atomic mass is 16.5. The number of nitrogens with two attached hydrogens (primary N) is 1. The maximum absolute atomic E-state index is 12.4. The van der Waals surface area contributed by atoms with Gasteiger partial charge in [-0.15, -0.1) is 6.42 Å². The number of terminal acetylenes is 1. The highest BCUT2D eigenvalue weighted by Crippen LogP contribution is 2.32. The molecule has 0 saturated carbocycles. The van der Waals surface area contributed by atoms with Crippen LogP contribution in [0.5, 0.6) is 0 Å². The second kappa shape index (κ2) is 7.40. The zero-order chi connectivity index (χ0) is 18.7. The summed E-state index contributed by atoms with van der Waals surface area (Å²) >= 11 is 0. The number of nitrogens with one attached hydrogen (secondary N) is 1. The summed E-state index contributed by atoms with van der Waals surface area (Å²) < 4.78 is 6.88. The van der Waals surface area contributed by atoms with Crippen molar-refractivity contribution < 1.29 is 14.3 Å². The lowest BCUT2D eigenvalue weighted by atomic mass is 10.1. The molecule has 1 aromatic heterocycles. The molecule has 3 N–H and O–H groups in total. The van der Waals surface area contributed by atoms with Crippen LogP contribution in [0, 0.1) is 12.3 Å². The molecule has 134 valence electrons. The van der Waals surface area contributed by atoms with Crippen molar-refractivity contribution in [2.45, 2.75) is 25.4 Å². The van der Waals surface area contributed by atoms with Gasteiger partial charge in [-0.3, -0.25) is 9.59 Å². The Balaban J connectivity index is 2.43. The maximum Gasteiger partial charge on any atom is 0.255 e. The van der Waals surface area contributed by atoms with Crippen molar-refractivity contribution in [3.63, 3.8) is 0 Å². The molecule has 1 fully saturated rings. The Hall–Kier alpha value is -2.79. The Kier molecular flexibility index (Phi) is 5.49. The molecule has 1 saturated heterocycles. The molecule has 1 aliphatic heterocycles. The summed E-state index contributed by atoms with van der Waals surface area (Å²) in [4.78, 5) is 25.9. The van der Waals surface area contributed by atoms with E-state index < -0.39 is 5.91 Å². The van der Waals surface area contributed by atoms with Crippen LogP contribution in [0.1, 0.15) is 35.4 Å². The van der Waals surface area contributed by atoms with Crippen molar-refractivity contribution in [1.29, 1.82) is 0 Å². The number of likely N-dealkylation sites (tertiary alicyclic amines) is 1. The van der Waals surface area contributed by atoms with Gasteiger partial charge in [0.05, 0.1) is 18.7 Å². The van der Waals surface area contributed by atoms with Crippen molar-refractivity contribution in [2.24, 2.45) is 5.73 Å². The van der Waals surface area contributed by atoms with Crippen LogP contribution in [0.2, 0.25) is 0 Å². The van der Waals surface area contributed by atoms with Crippen LogP contribution in [0.4, 0.5) is 5.82 Å². The van der Waals surface area contributed by atoms with E-state index in [1.807, 2.05) is 0 Å². The molecule has 0 spiro atoms. The van der Waals surface area contributed by atoms with E-state index in [4.69, 9.17) is 16.9 Å². The molecule has 2 rings (SSSR count). The first-order chi connectivity index (χ1) is 11.8. The molecule has 8 heteroatoms. The summed E-state index contributed by atoms with van der Waals surface area (Å²) in [6.07, 6.45) is 6.07. The van der Waals surface area contributed by atoms with Crippen molar-refractivity contribution in [3.8, 4) is 12.3 Å². The number of hydrogen-bond acceptors (Lipinski definition) is 5. The molecule has 1 aromatic rings. The normalized spacial score (nSPS) is 19.5. The molecule has 0 radical (unpaired) electrons. The Morgan fingerprint density at radius 1 is 1.56 bits per heavy atom. The van der Waals surface area contributed by atoms with E-state index in [2.05, 4.69) is 22.9 Å². The average molecular weight is 345 g/mol. The lowest BCUT2D eigenvalue weighted by molar-refractivity contribution is -0.128. The molecule has 1 aliphatic rings. The fourth-order valence-electron chi connectivity index (χ4n) is 3.19. The Morgan fingerprint density at radius 2 is 2.24 bits per heavy atom. The lowest BCUT2D eigenvalue weighted by Gasteiger charge is -2.23. The highest BCUT2D eigenvalue weighted by molar-refractivity contribution is 6.00. The maximum atomic E-state index is 12.4. The molecule has 2 amide bonds. The number of nitrogens with zero attached hydrogens (tertiary/aromatic N) is 3. The van der Waals surface area contributed by atoms with Crippen molar-refractivity contribution in [3.05, 3.63) is 23.4 Å². The van der Waals surface area contributed by atoms with E-state index >= 15 is 0 Å². The van der Waals surface area contributed by atoms with Gasteiger partial charge in [0.25, 0.3) is 5.91 Å². The van der Waals surface area contributed by atoms with E-state index in [1.54, 1.807) is 30.7 Å². The number of aromatic nitrogens is 2. The Morgan fingerprint density at radius 3 is 2.72 bits per heavy atom. The molecule has 25 heavy (non-hydrogen) atoms. The number of methoxy groups -OCH3 is 1. The van der Waals surface area contributed by atoms with Crippen LogP contribution in [0.15, 0.2) is 12.2 Å². The second-order valence-electron chi connectivity index (χ2n) is 6.01. The van der Waals surface area contributed by atoms with Gasteiger partial charge in [0.1, 0.15) is 17.1 Å². The molecule has 0 aromatic carbocycles. The quantitative estimate of drug-likeness (QED) is 0.573. The topological polar surface area (TPSA) is 102 Å². The standard InChI is InChI=1S/C17H23N5O3/c1-6-13-14(15(18)23)16(19-4)22(20-13)11-7-12(9-25-5)21(8-11)17(24)10(2)3/h1,11-12,19H,2,7-9H2,3-5H3,(H2,18,23)/t11-,12+/m0/s1. The summed E-state index contributed by atoms with van der Waals surface area (Å²) in [5.41, 5.74) is 6.27. The van der Waals surface area contributed by atoms with Crippen LogP contribution in [0.25, 0.3) is 0 Å². The van der Waals surface area contributed by atoms with Gasteiger partial charge in [0.2, 0.25) is 5.91 Å². The first-order valence-electron chi connectivity index (χ1n) is 7.87. The van der Waals surface area contributed by atoms with Gasteiger partial charge in [-0.1, -0.05) is 6.58 Å². The number of primary amides is 1. The molecule has 2 atom stereocenters. The number of hydrogen-bond donors (Lipinski definition) is 2. The minimum atomic E-state index is -0.648. The zero-order valence-corrected chi connectivity index (χ0v) is 14.7. The first-order valence-corrected chi connectivity index (χ1v) is 7.87. The lowest BCUT2D eigenvalue weighted by Crippen LogP contribution is -2.38. The summed E-state index contributed by atoms with van der Waals surface area (Å²) in [6.45, 7) is 6.21. The van der Waals surface area contributed by atoms with Gasteiger partial charge in [-0.2, -0.15) is 5.10 Å². The van der Waals surface area contributed by atoms with Gasteiger partial charge in [-0.25, -0.2) is 4.68 Å². The molecule has 0 bridgehead atoms. The summed E-state index contributed by atoms with van der Waals surface area (Å²) in [6, 6.07) is -0.273. The van der Waals surface area contributed by atoms with Crippen LogP contribution in [-0.2, 0) is 9.53 Å². The largest absolute Gasteiger partial charge is 0.383 e. The second-order valence-corrected chi connectivity index (χ2v) is 6.01. The number of rotatable bonds is 6. The van der Waals surface area contributed by atoms with E-state index in [9.17, 15) is 9.59 Å². The van der Waals surface area contributed by atoms with Crippen LogP contribution >= 0.6 is 0 Å². The number of carbonyl (C=O) groups excluding carboxylic acids is 2. The summed E-state index contributed by atoms with van der Waals surface area (Å²) in [5.74, 6) is 2.06. The first kappa shape index (κ1) is 18.5. The monoisotopic (exact) mass is 345 g/mol. The van der Waals surface area contributed by atoms with Gasteiger partial charge in [0.15, 0.2) is 0 Å². The fraction of sp³-hybridized carbons (Fsp3) is 0.471. The molecule has 8 nitrogen and oxygen atoms in total. The van der Waals surface area contributed by atoms with E-state index in [0.717, 1.165) is 0 Å². The Bertz CT molecular complexity index is 746. The van der Waals surface area contributed by atoms with Crippen molar-refractivity contribution >= 4 is 17.6 Å². The number of anilines is 1. The van der Waals surface area contributed by atoms with Crippen molar-refractivity contribution in [1.82, 2.24) is 14.7 Å².